The van der Waals surface area contributed by atoms with Crippen molar-refractivity contribution in [2.45, 2.75) is 6.92 Å². The highest BCUT2D eigenvalue weighted by Crippen LogP contribution is 2.30. The first-order valence-electron chi connectivity index (χ1n) is 7.63. The molecule has 0 N–H and O–H groups in total. The maximum atomic E-state index is 13.4. The second-order valence-corrected chi connectivity index (χ2v) is 5.45. The van der Waals surface area contributed by atoms with E-state index < -0.39 is 5.82 Å². The second kappa shape index (κ2) is 6.76. The Bertz CT molecular complexity index is 890. The lowest BCUT2D eigenvalue weighted by Gasteiger charge is -2.12. The van der Waals surface area contributed by atoms with Crippen molar-refractivity contribution in [3.8, 4) is 11.5 Å². The van der Waals surface area contributed by atoms with E-state index in [2.05, 4.69) is 5.10 Å². The van der Waals surface area contributed by atoms with Crippen LogP contribution in [0.25, 0.3) is 6.08 Å². The summed E-state index contributed by atoms with van der Waals surface area (Å²) in [7, 11) is 3.12. The zero-order valence-corrected chi connectivity index (χ0v) is 14.1. The van der Waals surface area contributed by atoms with Gasteiger partial charge in [-0.05, 0) is 43.3 Å². The van der Waals surface area contributed by atoms with Crippen molar-refractivity contribution in [3.63, 3.8) is 0 Å². The molecule has 0 saturated heterocycles. The summed E-state index contributed by atoms with van der Waals surface area (Å²) in [5, 5.41) is 5.44. The van der Waals surface area contributed by atoms with Crippen LogP contribution in [0.15, 0.2) is 53.1 Å². The van der Waals surface area contributed by atoms with Gasteiger partial charge >= 0.3 is 0 Å². The number of nitrogens with zero attached hydrogens (tertiary/aromatic N) is 2. The van der Waals surface area contributed by atoms with E-state index in [1.165, 1.54) is 23.2 Å². The Labute approximate surface area is 145 Å². The topological polar surface area (TPSA) is 51.1 Å². The number of halogens is 1. The second-order valence-electron chi connectivity index (χ2n) is 5.45. The summed E-state index contributed by atoms with van der Waals surface area (Å²) < 4.78 is 24.0. The Morgan fingerprint density at radius 1 is 1.12 bits per heavy atom. The largest absolute Gasteiger partial charge is 0.497 e. The lowest BCUT2D eigenvalue weighted by molar-refractivity contribution is -0.114. The smallest absolute Gasteiger partial charge is 0.280 e. The van der Waals surface area contributed by atoms with Crippen molar-refractivity contribution < 1.29 is 18.7 Å². The molecule has 0 aromatic heterocycles. The quantitative estimate of drug-likeness (QED) is 0.798. The van der Waals surface area contributed by atoms with E-state index in [1.54, 1.807) is 51.5 Å². The Morgan fingerprint density at radius 3 is 2.60 bits per heavy atom. The highest BCUT2D eigenvalue weighted by atomic mass is 19.1. The standard InChI is InChI=1S/C19H17FN2O3/c1-12-17(9-13-7-8-16(24-2)11-18(13)25-3)19(23)22(21-12)15-6-4-5-14(20)10-15/h4-11H,1-3H3/b17-9-. The molecule has 2 aromatic carbocycles. The van der Waals surface area contributed by atoms with Crippen LogP contribution >= 0.6 is 0 Å². The number of rotatable bonds is 4. The molecule has 1 aliphatic rings. The van der Waals surface area contributed by atoms with Gasteiger partial charge in [0.2, 0.25) is 0 Å². The molecule has 3 rings (SSSR count). The molecule has 25 heavy (non-hydrogen) atoms. The maximum Gasteiger partial charge on any atom is 0.280 e. The first-order valence-corrected chi connectivity index (χ1v) is 7.63. The minimum absolute atomic E-state index is 0.319. The molecular weight excluding hydrogens is 323 g/mol. The van der Waals surface area contributed by atoms with Crippen LogP contribution in [0.2, 0.25) is 0 Å². The minimum atomic E-state index is -0.424. The number of amides is 1. The van der Waals surface area contributed by atoms with E-state index >= 15 is 0 Å². The average molecular weight is 340 g/mol. The van der Waals surface area contributed by atoms with Gasteiger partial charge in [-0.3, -0.25) is 4.79 Å². The SMILES string of the molecule is COc1ccc(/C=C2\C(=O)N(c3cccc(F)c3)N=C2C)c(OC)c1. The highest BCUT2D eigenvalue weighted by molar-refractivity contribution is 6.32. The number of methoxy groups -OCH3 is 2. The van der Waals surface area contributed by atoms with Crippen molar-refractivity contribution in [1.29, 1.82) is 0 Å². The van der Waals surface area contributed by atoms with Crippen molar-refractivity contribution in [1.82, 2.24) is 0 Å². The molecule has 1 amide bonds. The lowest BCUT2D eigenvalue weighted by Crippen LogP contribution is -2.21. The van der Waals surface area contributed by atoms with Crippen molar-refractivity contribution in [2.24, 2.45) is 5.10 Å². The third-order valence-electron chi connectivity index (χ3n) is 3.86. The molecule has 1 heterocycles. The number of carbonyl (C=O) groups is 1. The van der Waals surface area contributed by atoms with Crippen LogP contribution in [0, 0.1) is 5.82 Å². The van der Waals surface area contributed by atoms with Crippen LogP contribution in [0.3, 0.4) is 0 Å². The molecule has 0 aliphatic carbocycles. The van der Waals surface area contributed by atoms with E-state index in [-0.39, 0.29) is 5.91 Å². The molecule has 0 atom stereocenters. The summed E-state index contributed by atoms with van der Waals surface area (Å²) in [5.41, 5.74) is 2.08. The molecule has 6 heteroatoms. The fraction of sp³-hybridized carbons (Fsp3) is 0.158. The third kappa shape index (κ3) is 3.24. The molecule has 0 unspecified atom stereocenters. The fourth-order valence-electron chi connectivity index (χ4n) is 2.56. The average Bonchev–Trinajstić information content (AvgIpc) is 2.90. The van der Waals surface area contributed by atoms with Crippen LogP contribution in [-0.2, 0) is 4.79 Å². The molecule has 5 nitrogen and oxygen atoms in total. The van der Waals surface area contributed by atoms with Gasteiger partial charge in [0, 0.05) is 11.6 Å². The summed E-state index contributed by atoms with van der Waals surface area (Å²) in [4.78, 5) is 12.7. The Balaban J connectivity index is 1.98. The van der Waals surface area contributed by atoms with Gasteiger partial charge in [0.1, 0.15) is 17.3 Å². The van der Waals surface area contributed by atoms with E-state index in [0.29, 0.717) is 28.5 Å². The molecule has 0 saturated carbocycles. The number of hydrogen-bond acceptors (Lipinski definition) is 4. The first kappa shape index (κ1) is 16.7. The molecule has 0 bridgehead atoms. The van der Waals surface area contributed by atoms with Crippen LogP contribution in [-0.4, -0.2) is 25.8 Å². The van der Waals surface area contributed by atoms with Gasteiger partial charge < -0.3 is 9.47 Å². The molecule has 0 radical (unpaired) electrons. The normalized spacial score (nSPS) is 15.5. The van der Waals surface area contributed by atoms with Gasteiger partial charge in [0.15, 0.2) is 0 Å². The molecule has 2 aromatic rings. The highest BCUT2D eigenvalue weighted by Gasteiger charge is 2.29. The predicted molar refractivity (Wildman–Crippen MR) is 94.5 cm³/mol. The Kier molecular flexibility index (Phi) is 4.52. The van der Waals surface area contributed by atoms with Gasteiger partial charge in [-0.2, -0.15) is 10.1 Å². The van der Waals surface area contributed by atoms with Gasteiger partial charge in [0.25, 0.3) is 5.91 Å². The van der Waals surface area contributed by atoms with E-state index in [9.17, 15) is 9.18 Å². The Morgan fingerprint density at radius 2 is 1.92 bits per heavy atom. The summed E-state index contributed by atoms with van der Waals surface area (Å²) >= 11 is 0. The van der Waals surface area contributed by atoms with E-state index in [0.717, 1.165) is 5.56 Å². The zero-order chi connectivity index (χ0) is 18.0. The van der Waals surface area contributed by atoms with Crippen LogP contribution < -0.4 is 14.5 Å². The van der Waals surface area contributed by atoms with E-state index in [1.807, 2.05) is 0 Å². The number of ether oxygens (including phenoxy) is 2. The van der Waals surface area contributed by atoms with Gasteiger partial charge in [-0.1, -0.05) is 6.07 Å². The summed E-state index contributed by atoms with van der Waals surface area (Å²) in [6.45, 7) is 1.74. The van der Waals surface area contributed by atoms with Gasteiger partial charge in [0.05, 0.1) is 31.2 Å². The monoisotopic (exact) mass is 340 g/mol. The van der Waals surface area contributed by atoms with E-state index in [4.69, 9.17) is 9.47 Å². The van der Waals surface area contributed by atoms with Crippen molar-refractivity contribution >= 4 is 23.4 Å². The predicted octanol–water partition coefficient (Wildman–Crippen LogP) is 3.65. The lowest BCUT2D eigenvalue weighted by atomic mass is 10.1. The summed E-state index contributed by atoms with van der Waals surface area (Å²) in [6, 6.07) is 11.1. The summed E-state index contributed by atoms with van der Waals surface area (Å²) in [5.74, 6) is 0.494. The minimum Gasteiger partial charge on any atom is -0.497 e. The van der Waals surface area contributed by atoms with Crippen molar-refractivity contribution in [2.75, 3.05) is 19.2 Å². The summed E-state index contributed by atoms with van der Waals surface area (Å²) in [6.07, 6.45) is 1.71. The van der Waals surface area contributed by atoms with Crippen LogP contribution in [0.5, 0.6) is 11.5 Å². The number of hydrazone groups is 1. The van der Waals surface area contributed by atoms with Gasteiger partial charge in [-0.25, -0.2) is 4.39 Å². The number of carbonyl (C=O) groups excluding carboxylic acids is 1. The third-order valence-corrected chi connectivity index (χ3v) is 3.86. The number of benzene rings is 2. The number of hydrogen-bond donors (Lipinski definition) is 0. The zero-order valence-electron chi connectivity index (χ0n) is 14.1. The molecular formula is C19H17FN2O3. The molecule has 1 aliphatic heterocycles. The molecule has 0 fully saturated rings. The number of anilines is 1. The van der Waals surface area contributed by atoms with Crippen LogP contribution in [0.1, 0.15) is 12.5 Å². The fourth-order valence-corrected chi connectivity index (χ4v) is 2.56. The maximum absolute atomic E-state index is 13.4. The van der Waals surface area contributed by atoms with Crippen molar-refractivity contribution in [3.05, 3.63) is 59.4 Å². The van der Waals surface area contributed by atoms with Gasteiger partial charge in [-0.15, -0.1) is 0 Å². The molecule has 128 valence electrons. The van der Waals surface area contributed by atoms with Crippen LogP contribution in [0.4, 0.5) is 10.1 Å². The Hall–Kier alpha value is -3.15. The molecule has 0 spiro atoms. The first-order chi connectivity index (χ1) is 12.0.